The minimum absolute atomic E-state index is 0.0647. The summed E-state index contributed by atoms with van der Waals surface area (Å²) in [5, 5.41) is 0. The first kappa shape index (κ1) is 15.0. The molecule has 23 heavy (non-hydrogen) atoms. The van der Waals surface area contributed by atoms with Crippen LogP contribution < -0.4 is 10.5 Å². The van der Waals surface area contributed by atoms with E-state index in [1.54, 1.807) is 0 Å². The molecule has 0 aromatic heterocycles. The first-order valence-electron chi connectivity index (χ1n) is 9.15. The number of nitrogens with two attached hydrogens (primary N) is 1. The summed E-state index contributed by atoms with van der Waals surface area (Å²) in [6.07, 6.45) is 6.69. The molecular weight excluding hydrogens is 286 g/mol. The molecule has 2 saturated carbocycles. The highest BCUT2D eigenvalue weighted by atomic mass is 16.5. The van der Waals surface area contributed by atoms with Gasteiger partial charge >= 0.3 is 0 Å². The Morgan fingerprint density at radius 2 is 2.09 bits per heavy atom. The lowest BCUT2D eigenvalue weighted by Gasteiger charge is -2.47. The van der Waals surface area contributed by atoms with E-state index in [9.17, 15) is 4.79 Å². The predicted molar refractivity (Wildman–Crippen MR) is 93.6 cm³/mol. The van der Waals surface area contributed by atoms with Crippen molar-refractivity contribution in [1.29, 1.82) is 0 Å². The first-order valence-corrected chi connectivity index (χ1v) is 9.15. The van der Waals surface area contributed by atoms with Crippen LogP contribution in [0.5, 0.6) is 5.75 Å². The molecule has 1 aromatic rings. The highest BCUT2D eigenvalue weighted by Crippen LogP contribution is 2.59. The van der Waals surface area contributed by atoms with Crippen molar-refractivity contribution in [3.8, 4) is 5.75 Å². The Morgan fingerprint density at radius 1 is 1.26 bits per heavy atom. The van der Waals surface area contributed by atoms with Crippen molar-refractivity contribution in [3.63, 3.8) is 0 Å². The predicted octanol–water partition coefficient (Wildman–Crippen LogP) is 4.07. The fourth-order valence-corrected chi connectivity index (χ4v) is 5.69. The topological polar surface area (TPSA) is 56.6 Å². The maximum Gasteiger partial charge on any atom is 0.299 e. The van der Waals surface area contributed by atoms with E-state index in [4.69, 9.17) is 10.5 Å². The standard InChI is InChI=1S/C20H27NO2/c1-3-23-18-11-15-12(10-17(18)21)4-5-14-13(15)8-9-20(2)16(14)6-7-19(20)22/h10-11,13-14,16H,3-9,21H2,1-2H3/p+1/t13?,14?,16?,20-/m0/s1. The van der Waals surface area contributed by atoms with Crippen LogP contribution in [-0.2, 0) is 6.42 Å². The second-order valence-electron chi connectivity index (χ2n) is 7.88. The van der Waals surface area contributed by atoms with Crippen molar-refractivity contribution in [2.75, 3.05) is 12.3 Å². The number of benzene rings is 1. The molecule has 0 spiro atoms. The van der Waals surface area contributed by atoms with E-state index in [-0.39, 0.29) is 5.41 Å². The molecule has 4 atom stereocenters. The lowest BCUT2D eigenvalue weighted by Crippen LogP contribution is -2.42. The third-order valence-corrected chi connectivity index (χ3v) is 6.90. The Kier molecular flexibility index (Phi) is 3.44. The second-order valence-corrected chi connectivity index (χ2v) is 7.88. The van der Waals surface area contributed by atoms with Crippen molar-refractivity contribution in [2.24, 2.45) is 17.3 Å². The molecule has 3 aliphatic rings. The molecule has 3 nitrogen and oxygen atoms in total. The fourth-order valence-electron chi connectivity index (χ4n) is 5.69. The summed E-state index contributed by atoms with van der Waals surface area (Å²) in [5.41, 5.74) is 9.89. The highest BCUT2D eigenvalue weighted by molar-refractivity contribution is 5.88. The van der Waals surface area contributed by atoms with Gasteiger partial charge in [-0.15, -0.1) is 0 Å². The van der Waals surface area contributed by atoms with Gasteiger partial charge in [0.25, 0.3) is 5.78 Å². The van der Waals surface area contributed by atoms with E-state index < -0.39 is 0 Å². The fraction of sp³-hybridized carbons (Fsp3) is 0.650. The molecule has 0 bridgehead atoms. The van der Waals surface area contributed by atoms with Gasteiger partial charge < -0.3 is 10.5 Å². The SMILES string of the molecule is CCOc1cc2c(cc1N)CCC1C2CC[C@]2(C)C(=[OH+])CCC12. The number of ether oxygens (including phenoxy) is 1. The number of nitrogen functional groups attached to an aromatic ring is 1. The van der Waals surface area contributed by atoms with Crippen LogP contribution in [0.1, 0.15) is 63.0 Å². The molecule has 0 aliphatic heterocycles. The van der Waals surface area contributed by atoms with Crippen LogP contribution in [-0.4, -0.2) is 17.2 Å². The average Bonchev–Trinajstić information content (AvgIpc) is 2.84. The van der Waals surface area contributed by atoms with E-state index in [2.05, 4.69) is 19.1 Å². The second kappa shape index (κ2) is 5.25. The van der Waals surface area contributed by atoms with Gasteiger partial charge in [0.15, 0.2) is 0 Å². The Bertz CT molecular complexity index is 653. The molecule has 0 heterocycles. The van der Waals surface area contributed by atoms with Gasteiger partial charge in [-0.2, -0.15) is 0 Å². The van der Waals surface area contributed by atoms with Gasteiger partial charge in [-0.05, 0) is 87.0 Å². The lowest BCUT2D eigenvalue weighted by molar-refractivity contribution is 0.0924. The number of hydrogen-bond acceptors (Lipinski definition) is 2. The van der Waals surface area contributed by atoms with E-state index >= 15 is 0 Å². The molecule has 4 rings (SSSR count). The monoisotopic (exact) mass is 314 g/mol. The molecule has 0 amide bonds. The minimum Gasteiger partial charge on any atom is -0.492 e. The maximum absolute atomic E-state index is 10.4. The number of anilines is 1. The molecule has 124 valence electrons. The van der Waals surface area contributed by atoms with Crippen molar-refractivity contribution in [3.05, 3.63) is 23.3 Å². The number of carbonyl (C=O) groups excluding carboxylic acids is 1. The summed E-state index contributed by atoms with van der Waals surface area (Å²) < 4.78 is 5.74. The summed E-state index contributed by atoms with van der Waals surface area (Å²) in [4.78, 5) is 10.4. The highest BCUT2D eigenvalue weighted by Gasteiger charge is 2.57. The van der Waals surface area contributed by atoms with Crippen molar-refractivity contribution in [1.82, 2.24) is 0 Å². The zero-order valence-electron chi connectivity index (χ0n) is 14.3. The smallest absolute Gasteiger partial charge is 0.299 e. The van der Waals surface area contributed by atoms with Crippen molar-refractivity contribution < 1.29 is 9.53 Å². The minimum atomic E-state index is 0.0647. The lowest BCUT2D eigenvalue weighted by atomic mass is 9.55. The van der Waals surface area contributed by atoms with Gasteiger partial charge in [0.05, 0.1) is 24.1 Å². The third kappa shape index (κ3) is 2.12. The number of fused-ring (bicyclic) bond motifs is 5. The van der Waals surface area contributed by atoms with Gasteiger partial charge in [0, 0.05) is 0 Å². The normalized spacial score (nSPS) is 35.4. The molecule has 3 heteroatoms. The van der Waals surface area contributed by atoms with Gasteiger partial charge in [0.1, 0.15) is 5.75 Å². The summed E-state index contributed by atoms with van der Waals surface area (Å²) in [6, 6.07) is 4.36. The van der Waals surface area contributed by atoms with Crippen LogP contribution in [0.3, 0.4) is 0 Å². The molecule has 3 aliphatic carbocycles. The summed E-state index contributed by atoms with van der Waals surface area (Å²) >= 11 is 0. The van der Waals surface area contributed by atoms with Crippen LogP contribution in [0.2, 0.25) is 0 Å². The Hall–Kier alpha value is -1.51. The molecule has 2 fully saturated rings. The largest absolute Gasteiger partial charge is 0.492 e. The zero-order chi connectivity index (χ0) is 16.2. The number of rotatable bonds is 2. The molecular formula is C20H28NO2+. The molecule has 1 aromatic carbocycles. The van der Waals surface area contributed by atoms with Crippen LogP contribution >= 0.6 is 0 Å². The van der Waals surface area contributed by atoms with E-state index in [0.717, 1.165) is 42.9 Å². The average molecular weight is 314 g/mol. The van der Waals surface area contributed by atoms with Crippen molar-refractivity contribution >= 4 is 11.5 Å². The maximum atomic E-state index is 10.4. The van der Waals surface area contributed by atoms with Gasteiger partial charge in [-0.1, -0.05) is 0 Å². The number of hydrogen-bond donors (Lipinski definition) is 1. The molecule has 0 saturated heterocycles. The Morgan fingerprint density at radius 3 is 2.87 bits per heavy atom. The molecule has 0 radical (unpaired) electrons. The van der Waals surface area contributed by atoms with Crippen molar-refractivity contribution in [2.45, 2.75) is 58.3 Å². The van der Waals surface area contributed by atoms with Crippen LogP contribution in [0.25, 0.3) is 0 Å². The Balaban J connectivity index is 1.71. The number of ketones is 1. The number of aryl methyl sites for hydroxylation is 1. The summed E-state index contributed by atoms with van der Waals surface area (Å²) in [5.74, 6) is 3.56. The summed E-state index contributed by atoms with van der Waals surface area (Å²) in [6.45, 7) is 4.95. The quantitative estimate of drug-likeness (QED) is 0.661. The third-order valence-electron chi connectivity index (χ3n) is 6.90. The summed E-state index contributed by atoms with van der Waals surface area (Å²) in [7, 11) is 0. The van der Waals surface area contributed by atoms with E-state index in [0.29, 0.717) is 24.4 Å². The van der Waals surface area contributed by atoms with Crippen LogP contribution in [0, 0.1) is 17.3 Å². The Labute approximate surface area is 138 Å². The van der Waals surface area contributed by atoms with E-state index in [1.807, 2.05) is 6.92 Å². The first-order chi connectivity index (χ1) is 11.0. The van der Waals surface area contributed by atoms with Crippen LogP contribution in [0.15, 0.2) is 12.1 Å². The molecule has 3 N–H and O–H groups in total. The van der Waals surface area contributed by atoms with Gasteiger partial charge in [-0.3, -0.25) is 4.79 Å². The zero-order valence-corrected chi connectivity index (χ0v) is 14.3. The molecule has 3 unspecified atom stereocenters. The van der Waals surface area contributed by atoms with Crippen LogP contribution in [0.4, 0.5) is 5.69 Å². The van der Waals surface area contributed by atoms with E-state index in [1.165, 1.54) is 24.0 Å². The van der Waals surface area contributed by atoms with Gasteiger partial charge in [-0.25, -0.2) is 0 Å². The van der Waals surface area contributed by atoms with Gasteiger partial charge in [0.2, 0.25) is 0 Å².